The van der Waals surface area contributed by atoms with Crippen LogP contribution in [0.4, 0.5) is 5.69 Å². The van der Waals surface area contributed by atoms with Crippen LogP contribution in [-0.4, -0.2) is 8.42 Å². The third kappa shape index (κ3) is 3.56. The van der Waals surface area contributed by atoms with Gasteiger partial charge in [0.05, 0.1) is 4.90 Å². The zero-order chi connectivity index (χ0) is 13.9. The van der Waals surface area contributed by atoms with Crippen LogP contribution in [0.1, 0.15) is 11.1 Å². The van der Waals surface area contributed by atoms with Gasteiger partial charge < -0.3 is 5.32 Å². The molecule has 2 aromatic rings. The minimum absolute atomic E-state index is 0.119. The highest BCUT2D eigenvalue weighted by atomic mass is 32.2. The average Bonchev–Trinajstić information content (AvgIpc) is 2.37. The maximum atomic E-state index is 11.1. The summed E-state index contributed by atoms with van der Waals surface area (Å²) in [5, 5.41) is 8.29. The van der Waals surface area contributed by atoms with Gasteiger partial charge in [-0.2, -0.15) is 0 Å². The van der Waals surface area contributed by atoms with Gasteiger partial charge in [0.1, 0.15) is 0 Å². The first-order valence-electron chi connectivity index (χ1n) is 5.88. The molecule has 0 saturated heterocycles. The molecule has 0 aliphatic heterocycles. The van der Waals surface area contributed by atoms with Gasteiger partial charge in [-0.15, -0.1) is 0 Å². The number of sulfonamides is 1. The van der Waals surface area contributed by atoms with E-state index in [1.807, 2.05) is 12.1 Å². The second-order valence-corrected chi connectivity index (χ2v) is 5.91. The number of hydrogen-bond donors (Lipinski definition) is 2. The summed E-state index contributed by atoms with van der Waals surface area (Å²) in [6.07, 6.45) is 0. The van der Waals surface area contributed by atoms with E-state index in [1.165, 1.54) is 23.3 Å². The molecule has 100 valence electrons. The van der Waals surface area contributed by atoms with Crippen LogP contribution in [-0.2, 0) is 16.6 Å². The Hall–Kier alpha value is -1.85. The quantitative estimate of drug-likeness (QED) is 0.899. The molecule has 0 aromatic heterocycles. The maximum Gasteiger partial charge on any atom is 0.238 e. The Morgan fingerprint density at radius 2 is 1.68 bits per heavy atom. The molecule has 0 amide bonds. The maximum absolute atomic E-state index is 11.1. The summed E-state index contributed by atoms with van der Waals surface area (Å²) in [7, 11) is -3.62. The van der Waals surface area contributed by atoms with Crippen molar-refractivity contribution in [3.05, 3.63) is 59.7 Å². The highest BCUT2D eigenvalue weighted by molar-refractivity contribution is 7.89. The van der Waals surface area contributed by atoms with Crippen molar-refractivity contribution in [2.75, 3.05) is 5.32 Å². The van der Waals surface area contributed by atoms with Crippen LogP contribution in [0.25, 0.3) is 0 Å². The van der Waals surface area contributed by atoms with Gasteiger partial charge in [0.25, 0.3) is 0 Å². The number of aryl methyl sites for hydroxylation is 1. The molecule has 0 atom stereocenters. The molecule has 4 nitrogen and oxygen atoms in total. The fourth-order valence-corrected chi connectivity index (χ4v) is 2.28. The van der Waals surface area contributed by atoms with Gasteiger partial charge in [-0.05, 0) is 42.3 Å². The molecule has 19 heavy (non-hydrogen) atoms. The van der Waals surface area contributed by atoms with E-state index in [-0.39, 0.29) is 4.90 Å². The lowest BCUT2D eigenvalue weighted by Crippen LogP contribution is -2.12. The first kappa shape index (κ1) is 13.6. The highest BCUT2D eigenvalue weighted by Gasteiger charge is 2.06. The minimum atomic E-state index is -3.62. The van der Waals surface area contributed by atoms with Crippen molar-refractivity contribution >= 4 is 15.7 Å². The van der Waals surface area contributed by atoms with E-state index in [2.05, 4.69) is 24.4 Å². The second-order valence-electron chi connectivity index (χ2n) is 4.35. The van der Waals surface area contributed by atoms with Crippen LogP contribution in [0, 0.1) is 6.92 Å². The Balaban J connectivity index is 2.07. The van der Waals surface area contributed by atoms with Gasteiger partial charge in [0, 0.05) is 12.2 Å². The van der Waals surface area contributed by atoms with Crippen molar-refractivity contribution in [1.29, 1.82) is 0 Å². The molecule has 0 fully saturated rings. The SMILES string of the molecule is Cc1ccccc1CNc1ccc(S(N)(=O)=O)cc1. The van der Waals surface area contributed by atoms with E-state index in [0.29, 0.717) is 6.54 Å². The topological polar surface area (TPSA) is 72.2 Å². The van der Waals surface area contributed by atoms with Crippen LogP contribution >= 0.6 is 0 Å². The fourth-order valence-electron chi connectivity index (χ4n) is 1.77. The van der Waals surface area contributed by atoms with Gasteiger partial charge in [-0.3, -0.25) is 0 Å². The predicted octanol–water partition coefficient (Wildman–Crippen LogP) is 2.25. The van der Waals surface area contributed by atoms with Gasteiger partial charge in [0.2, 0.25) is 10.0 Å². The summed E-state index contributed by atoms with van der Waals surface area (Å²) in [6, 6.07) is 14.5. The second kappa shape index (κ2) is 5.42. The van der Waals surface area contributed by atoms with Crippen molar-refractivity contribution in [2.45, 2.75) is 18.4 Å². The molecule has 2 rings (SSSR count). The third-order valence-corrected chi connectivity index (χ3v) is 3.86. The average molecular weight is 276 g/mol. The molecular formula is C14H16N2O2S. The van der Waals surface area contributed by atoms with E-state index in [1.54, 1.807) is 12.1 Å². The van der Waals surface area contributed by atoms with E-state index < -0.39 is 10.0 Å². The Labute approximate surface area is 113 Å². The van der Waals surface area contributed by atoms with Gasteiger partial charge in [0.15, 0.2) is 0 Å². The van der Waals surface area contributed by atoms with Gasteiger partial charge >= 0.3 is 0 Å². The molecule has 0 saturated carbocycles. The summed E-state index contributed by atoms with van der Waals surface area (Å²) in [5.74, 6) is 0. The first-order valence-corrected chi connectivity index (χ1v) is 7.43. The highest BCUT2D eigenvalue weighted by Crippen LogP contribution is 2.15. The van der Waals surface area contributed by atoms with Crippen molar-refractivity contribution in [2.24, 2.45) is 5.14 Å². The number of nitrogens with two attached hydrogens (primary N) is 1. The molecule has 0 aliphatic carbocycles. The first-order chi connectivity index (χ1) is 8.97. The van der Waals surface area contributed by atoms with Crippen LogP contribution in [0.2, 0.25) is 0 Å². The Bertz CT molecular complexity index is 664. The number of rotatable bonds is 4. The van der Waals surface area contributed by atoms with Gasteiger partial charge in [-0.1, -0.05) is 24.3 Å². The lowest BCUT2D eigenvalue weighted by atomic mass is 10.1. The summed E-state index contributed by atoms with van der Waals surface area (Å²) in [6.45, 7) is 2.75. The third-order valence-electron chi connectivity index (χ3n) is 2.93. The van der Waals surface area contributed by atoms with Crippen LogP contribution in [0.15, 0.2) is 53.4 Å². The molecular weight excluding hydrogens is 260 g/mol. The lowest BCUT2D eigenvalue weighted by molar-refractivity contribution is 0.598. The predicted molar refractivity (Wildman–Crippen MR) is 76.3 cm³/mol. The van der Waals surface area contributed by atoms with Crippen molar-refractivity contribution in [3.8, 4) is 0 Å². The molecule has 2 aromatic carbocycles. The smallest absolute Gasteiger partial charge is 0.238 e. The standard InChI is InChI=1S/C14H16N2O2S/c1-11-4-2-3-5-12(11)10-16-13-6-8-14(9-7-13)19(15,17)18/h2-9,16H,10H2,1H3,(H2,15,17,18). The van der Waals surface area contributed by atoms with E-state index in [4.69, 9.17) is 5.14 Å². The normalized spacial score (nSPS) is 11.3. The zero-order valence-electron chi connectivity index (χ0n) is 10.6. The van der Waals surface area contributed by atoms with E-state index in [0.717, 1.165) is 5.69 Å². The molecule has 0 heterocycles. The van der Waals surface area contributed by atoms with Crippen LogP contribution in [0.3, 0.4) is 0 Å². The van der Waals surface area contributed by atoms with Crippen LogP contribution < -0.4 is 10.5 Å². The molecule has 3 N–H and O–H groups in total. The minimum Gasteiger partial charge on any atom is -0.381 e. The Morgan fingerprint density at radius 3 is 2.26 bits per heavy atom. The van der Waals surface area contributed by atoms with Crippen molar-refractivity contribution in [1.82, 2.24) is 0 Å². The molecule has 0 spiro atoms. The summed E-state index contributed by atoms with van der Waals surface area (Å²) in [4.78, 5) is 0.119. The van der Waals surface area contributed by atoms with E-state index >= 15 is 0 Å². The number of anilines is 1. The van der Waals surface area contributed by atoms with Crippen LogP contribution in [0.5, 0.6) is 0 Å². The fraction of sp³-hybridized carbons (Fsp3) is 0.143. The molecule has 0 unspecified atom stereocenters. The largest absolute Gasteiger partial charge is 0.381 e. The molecule has 5 heteroatoms. The number of benzene rings is 2. The summed E-state index contributed by atoms with van der Waals surface area (Å²) in [5.41, 5.74) is 3.28. The monoisotopic (exact) mass is 276 g/mol. The van der Waals surface area contributed by atoms with Crippen molar-refractivity contribution < 1.29 is 8.42 Å². The summed E-state index contributed by atoms with van der Waals surface area (Å²) >= 11 is 0. The molecule has 0 bridgehead atoms. The number of primary sulfonamides is 1. The Morgan fingerprint density at radius 1 is 1.05 bits per heavy atom. The van der Waals surface area contributed by atoms with Gasteiger partial charge in [-0.25, -0.2) is 13.6 Å². The Kier molecular flexibility index (Phi) is 3.87. The number of hydrogen-bond acceptors (Lipinski definition) is 3. The summed E-state index contributed by atoms with van der Waals surface area (Å²) < 4.78 is 22.3. The van der Waals surface area contributed by atoms with E-state index in [9.17, 15) is 8.42 Å². The number of nitrogens with one attached hydrogen (secondary N) is 1. The molecule has 0 radical (unpaired) electrons. The molecule has 0 aliphatic rings. The zero-order valence-corrected chi connectivity index (χ0v) is 11.4. The lowest BCUT2D eigenvalue weighted by Gasteiger charge is -2.09. The van der Waals surface area contributed by atoms with Crippen molar-refractivity contribution in [3.63, 3.8) is 0 Å².